The number of nitriles is 1. The van der Waals surface area contributed by atoms with Gasteiger partial charge in [0.25, 0.3) is 11.8 Å². The maximum absolute atomic E-state index is 12.5. The summed E-state index contributed by atoms with van der Waals surface area (Å²) < 4.78 is 10.9. The molecule has 0 saturated heterocycles. The van der Waals surface area contributed by atoms with E-state index in [0.29, 0.717) is 43.5 Å². The lowest BCUT2D eigenvalue weighted by Gasteiger charge is -2.12. The third kappa shape index (κ3) is 7.39. The first kappa shape index (κ1) is 25.9. The van der Waals surface area contributed by atoms with Gasteiger partial charge in [-0.25, -0.2) is 0 Å². The first-order valence-corrected chi connectivity index (χ1v) is 11.2. The van der Waals surface area contributed by atoms with Crippen LogP contribution in [0.25, 0.3) is 6.08 Å². The van der Waals surface area contributed by atoms with E-state index in [1.807, 2.05) is 6.07 Å². The maximum atomic E-state index is 12.5. The molecule has 0 unspecified atom stereocenters. The van der Waals surface area contributed by atoms with Gasteiger partial charge in [-0.2, -0.15) is 5.26 Å². The Balaban J connectivity index is 1.67. The summed E-state index contributed by atoms with van der Waals surface area (Å²) in [5.74, 6) is -0.373. The van der Waals surface area contributed by atoms with Crippen LogP contribution in [0.5, 0.6) is 11.5 Å². The monoisotopic (exact) mass is 529 g/mol. The highest BCUT2D eigenvalue weighted by molar-refractivity contribution is 6.42. The van der Waals surface area contributed by atoms with Crippen LogP contribution in [0.15, 0.2) is 66.2 Å². The third-order valence-corrected chi connectivity index (χ3v) is 5.52. The number of carbonyl (C=O) groups excluding carboxylic acids is 2. The van der Waals surface area contributed by atoms with Gasteiger partial charge in [0.1, 0.15) is 11.6 Å². The molecule has 0 saturated carbocycles. The van der Waals surface area contributed by atoms with Crippen molar-refractivity contribution in [2.75, 3.05) is 24.4 Å². The summed E-state index contributed by atoms with van der Waals surface area (Å²) in [6, 6.07) is 17.9. The summed E-state index contributed by atoms with van der Waals surface area (Å²) in [7, 11) is 1.43. The first-order chi connectivity index (χ1) is 16.8. The standard InChI is InChI=1S/C25H18Cl3N3O4/c1-34-23-11-15(10-16(13-29)25(33)31-18-5-3-17(26)4-6-18)2-9-22(23)35-14-24(32)30-19-7-8-20(27)21(28)12-19/h2-12H,14H2,1H3,(H,30,32)(H,31,33)/b16-10-. The van der Waals surface area contributed by atoms with Crippen LogP contribution in [0, 0.1) is 11.3 Å². The van der Waals surface area contributed by atoms with Crippen LogP contribution in [-0.4, -0.2) is 25.5 Å². The zero-order valence-electron chi connectivity index (χ0n) is 18.3. The van der Waals surface area contributed by atoms with Crippen LogP contribution in [0.1, 0.15) is 5.56 Å². The van der Waals surface area contributed by atoms with E-state index in [2.05, 4.69) is 10.6 Å². The van der Waals surface area contributed by atoms with Gasteiger partial charge in [-0.3, -0.25) is 9.59 Å². The summed E-state index contributed by atoms with van der Waals surface area (Å²) in [6.07, 6.45) is 1.41. The SMILES string of the molecule is COc1cc(/C=C(/C#N)C(=O)Nc2ccc(Cl)cc2)ccc1OCC(=O)Nc1ccc(Cl)c(Cl)c1. The van der Waals surface area contributed by atoms with Gasteiger partial charge in [0.15, 0.2) is 18.1 Å². The highest BCUT2D eigenvalue weighted by Crippen LogP contribution is 2.29. The molecule has 35 heavy (non-hydrogen) atoms. The molecule has 178 valence electrons. The molecule has 3 aromatic carbocycles. The Labute approximate surface area is 216 Å². The molecule has 7 nitrogen and oxygen atoms in total. The minimum Gasteiger partial charge on any atom is -0.493 e. The Morgan fingerprint density at radius 1 is 0.914 bits per heavy atom. The van der Waals surface area contributed by atoms with E-state index >= 15 is 0 Å². The van der Waals surface area contributed by atoms with Crippen molar-refractivity contribution in [3.05, 3.63) is 86.9 Å². The predicted octanol–water partition coefficient (Wildman–Crippen LogP) is 6.22. The van der Waals surface area contributed by atoms with Crippen LogP contribution in [-0.2, 0) is 9.59 Å². The van der Waals surface area contributed by atoms with Gasteiger partial charge in [0.2, 0.25) is 0 Å². The summed E-state index contributed by atoms with van der Waals surface area (Å²) >= 11 is 17.7. The molecule has 0 radical (unpaired) electrons. The smallest absolute Gasteiger partial charge is 0.266 e. The van der Waals surface area contributed by atoms with Crippen molar-refractivity contribution in [1.29, 1.82) is 5.26 Å². The van der Waals surface area contributed by atoms with Gasteiger partial charge < -0.3 is 20.1 Å². The highest BCUT2D eigenvalue weighted by atomic mass is 35.5. The van der Waals surface area contributed by atoms with E-state index in [1.165, 1.54) is 19.3 Å². The van der Waals surface area contributed by atoms with Crippen LogP contribution in [0.3, 0.4) is 0 Å². The topological polar surface area (TPSA) is 100 Å². The van der Waals surface area contributed by atoms with E-state index in [9.17, 15) is 14.9 Å². The fourth-order valence-electron chi connectivity index (χ4n) is 2.85. The van der Waals surface area contributed by atoms with Gasteiger partial charge in [-0.1, -0.05) is 40.9 Å². The van der Waals surface area contributed by atoms with Gasteiger partial charge in [-0.15, -0.1) is 0 Å². The Bertz CT molecular complexity index is 1320. The summed E-state index contributed by atoms with van der Waals surface area (Å²) in [4.78, 5) is 24.7. The second kappa shape index (κ2) is 12.1. The molecule has 0 aliphatic heterocycles. The van der Waals surface area contributed by atoms with Crippen LogP contribution >= 0.6 is 34.8 Å². The number of hydrogen-bond donors (Lipinski definition) is 2. The Morgan fingerprint density at radius 2 is 1.63 bits per heavy atom. The van der Waals surface area contributed by atoms with E-state index in [4.69, 9.17) is 44.3 Å². The molecular formula is C25H18Cl3N3O4. The molecule has 0 heterocycles. The van der Waals surface area contributed by atoms with Crippen molar-refractivity contribution < 1.29 is 19.1 Å². The molecule has 3 rings (SSSR count). The second-order valence-electron chi connectivity index (χ2n) is 7.01. The number of nitrogens with one attached hydrogen (secondary N) is 2. The van der Waals surface area contributed by atoms with Gasteiger partial charge in [0, 0.05) is 16.4 Å². The normalized spacial score (nSPS) is 10.8. The van der Waals surface area contributed by atoms with E-state index < -0.39 is 11.8 Å². The lowest BCUT2D eigenvalue weighted by Crippen LogP contribution is -2.20. The molecule has 0 aromatic heterocycles. The van der Waals surface area contributed by atoms with Crippen LogP contribution in [0.4, 0.5) is 11.4 Å². The van der Waals surface area contributed by atoms with Gasteiger partial charge >= 0.3 is 0 Å². The molecule has 3 aromatic rings. The van der Waals surface area contributed by atoms with Crippen LogP contribution < -0.4 is 20.1 Å². The molecule has 0 atom stereocenters. The van der Waals surface area contributed by atoms with Crippen molar-refractivity contribution in [3.63, 3.8) is 0 Å². The molecule has 0 aliphatic carbocycles. The largest absolute Gasteiger partial charge is 0.493 e. The third-order valence-electron chi connectivity index (χ3n) is 4.53. The fraction of sp³-hybridized carbons (Fsp3) is 0.0800. The number of hydrogen-bond acceptors (Lipinski definition) is 5. The number of benzene rings is 3. The number of halogens is 3. The van der Waals surface area contributed by atoms with Gasteiger partial charge in [-0.05, 0) is 66.2 Å². The predicted molar refractivity (Wildman–Crippen MR) is 137 cm³/mol. The number of carbonyl (C=O) groups is 2. The molecule has 0 fully saturated rings. The minimum atomic E-state index is -0.576. The van der Waals surface area contributed by atoms with Crippen molar-refractivity contribution in [2.45, 2.75) is 0 Å². The molecule has 2 amide bonds. The van der Waals surface area contributed by atoms with Crippen LogP contribution in [0.2, 0.25) is 15.1 Å². The quantitative estimate of drug-likeness (QED) is 0.266. The van der Waals surface area contributed by atoms with Crippen molar-refractivity contribution in [2.24, 2.45) is 0 Å². The number of methoxy groups -OCH3 is 1. The fourth-order valence-corrected chi connectivity index (χ4v) is 3.28. The zero-order chi connectivity index (χ0) is 25.4. The Hall–Kier alpha value is -3.70. The molecule has 0 bridgehead atoms. The molecule has 10 heteroatoms. The molecule has 2 N–H and O–H groups in total. The molecular weight excluding hydrogens is 513 g/mol. The number of rotatable bonds is 8. The highest BCUT2D eigenvalue weighted by Gasteiger charge is 2.13. The minimum absolute atomic E-state index is 0.114. The van der Waals surface area contributed by atoms with Gasteiger partial charge in [0.05, 0.1) is 17.2 Å². The first-order valence-electron chi connectivity index (χ1n) is 10.0. The lowest BCUT2D eigenvalue weighted by atomic mass is 10.1. The Kier molecular flexibility index (Phi) is 8.98. The average Bonchev–Trinajstić information content (AvgIpc) is 2.85. The zero-order valence-corrected chi connectivity index (χ0v) is 20.5. The van der Waals surface area contributed by atoms with Crippen molar-refractivity contribution in [3.8, 4) is 17.6 Å². The number of amides is 2. The Morgan fingerprint density at radius 3 is 2.29 bits per heavy atom. The van der Waals surface area contributed by atoms with E-state index in [0.717, 1.165) is 0 Å². The number of anilines is 2. The maximum Gasteiger partial charge on any atom is 0.266 e. The van der Waals surface area contributed by atoms with Crippen molar-refractivity contribution >= 4 is 64.1 Å². The lowest BCUT2D eigenvalue weighted by molar-refractivity contribution is -0.118. The van der Waals surface area contributed by atoms with E-state index in [1.54, 1.807) is 54.6 Å². The molecule has 0 spiro atoms. The average molecular weight is 531 g/mol. The second-order valence-corrected chi connectivity index (χ2v) is 8.26. The molecule has 0 aliphatic rings. The van der Waals surface area contributed by atoms with E-state index in [-0.39, 0.29) is 12.2 Å². The summed E-state index contributed by atoms with van der Waals surface area (Å²) in [6.45, 7) is -0.293. The summed E-state index contributed by atoms with van der Waals surface area (Å²) in [5, 5.41) is 16.0. The number of ether oxygens (including phenoxy) is 2. The van der Waals surface area contributed by atoms with Crippen molar-refractivity contribution in [1.82, 2.24) is 0 Å². The number of nitrogens with zero attached hydrogens (tertiary/aromatic N) is 1. The summed E-state index contributed by atoms with van der Waals surface area (Å²) in [5.41, 5.74) is 1.39.